The van der Waals surface area contributed by atoms with Gasteiger partial charge in [0.05, 0.1) is 11.7 Å². The summed E-state index contributed by atoms with van der Waals surface area (Å²) in [4.78, 5) is 16.8. The summed E-state index contributed by atoms with van der Waals surface area (Å²) in [5, 5.41) is 3.54. The van der Waals surface area contributed by atoms with Gasteiger partial charge in [-0.05, 0) is 35.4 Å². The van der Waals surface area contributed by atoms with Gasteiger partial charge in [-0.1, -0.05) is 22.0 Å². The van der Waals surface area contributed by atoms with Crippen LogP contribution in [-0.2, 0) is 11.2 Å². The lowest BCUT2D eigenvalue weighted by Crippen LogP contribution is -2.13. The van der Waals surface area contributed by atoms with Crippen LogP contribution in [0.5, 0.6) is 0 Å². The van der Waals surface area contributed by atoms with Gasteiger partial charge in [0, 0.05) is 35.1 Å². The summed E-state index contributed by atoms with van der Waals surface area (Å²) in [5.74, 6) is 0.479. The number of carbonyl (C=O) groups excluding carboxylic acids is 1. The number of aromatic nitrogens is 1. The number of benzene rings is 1. The molecule has 0 amide bonds. The predicted molar refractivity (Wildman–Crippen MR) is 80.8 cm³/mol. The summed E-state index contributed by atoms with van der Waals surface area (Å²) in [6, 6.07) is 10.3. The van der Waals surface area contributed by atoms with E-state index in [4.69, 9.17) is 0 Å². The van der Waals surface area contributed by atoms with Crippen molar-refractivity contribution in [3.63, 3.8) is 0 Å². The third-order valence-corrected chi connectivity index (χ3v) is 4.68. The number of anilines is 1. The second-order valence-corrected chi connectivity index (χ2v) is 6.34. The van der Waals surface area contributed by atoms with Crippen LogP contribution in [-0.4, -0.2) is 10.8 Å². The van der Waals surface area contributed by atoms with Gasteiger partial charge in [0.1, 0.15) is 5.78 Å². The maximum atomic E-state index is 12.2. The minimum atomic E-state index is 0.113. The quantitative estimate of drug-likeness (QED) is 0.803. The smallest absolute Gasteiger partial charge is 0.138 e. The van der Waals surface area contributed by atoms with Crippen LogP contribution < -0.4 is 5.32 Å². The number of ketones is 1. The molecular formula is C16H13BrN2O. The van der Waals surface area contributed by atoms with Gasteiger partial charge in [-0.2, -0.15) is 0 Å². The first-order chi connectivity index (χ1) is 9.72. The van der Waals surface area contributed by atoms with E-state index in [1.807, 2.05) is 24.4 Å². The first-order valence-corrected chi connectivity index (χ1v) is 7.53. The van der Waals surface area contributed by atoms with E-state index in [0.717, 1.165) is 21.4 Å². The number of hydrogen-bond donors (Lipinski definition) is 1. The zero-order chi connectivity index (χ0) is 13.7. The van der Waals surface area contributed by atoms with E-state index >= 15 is 0 Å². The molecule has 0 bridgehead atoms. The fraction of sp³-hybridized carbons (Fsp3) is 0.250. The fourth-order valence-corrected chi connectivity index (χ4v) is 3.70. The lowest BCUT2D eigenvalue weighted by atomic mass is 9.90. The van der Waals surface area contributed by atoms with E-state index in [-0.39, 0.29) is 12.0 Å². The Morgan fingerprint density at radius 3 is 3.10 bits per heavy atom. The third kappa shape index (κ3) is 1.79. The Morgan fingerprint density at radius 2 is 2.20 bits per heavy atom. The van der Waals surface area contributed by atoms with Crippen LogP contribution in [0.4, 0.5) is 5.69 Å². The number of carbonyl (C=O) groups is 1. The van der Waals surface area contributed by atoms with Gasteiger partial charge in [0.25, 0.3) is 0 Å². The molecule has 0 fully saturated rings. The molecule has 1 aromatic heterocycles. The highest BCUT2D eigenvalue weighted by Crippen LogP contribution is 2.48. The second kappa shape index (κ2) is 4.42. The van der Waals surface area contributed by atoms with Gasteiger partial charge >= 0.3 is 0 Å². The van der Waals surface area contributed by atoms with Crippen molar-refractivity contribution in [3.8, 4) is 0 Å². The van der Waals surface area contributed by atoms with E-state index in [1.54, 1.807) is 0 Å². The molecule has 100 valence electrons. The van der Waals surface area contributed by atoms with Crippen molar-refractivity contribution in [1.29, 1.82) is 0 Å². The summed E-state index contributed by atoms with van der Waals surface area (Å²) >= 11 is 3.52. The van der Waals surface area contributed by atoms with Crippen molar-refractivity contribution >= 4 is 27.4 Å². The van der Waals surface area contributed by atoms with Gasteiger partial charge in [-0.15, -0.1) is 0 Å². The predicted octanol–water partition coefficient (Wildman–Crippen LogP) is 3.61. The summed E-state index contributed by atoms with van der Waals surface area (Å²) in [7, 11) is 0. The average Bonchev–Trinajstić information content (AvgIpc) is 2.70. The molecule has 0 radical (unpaired) electrons. The molecule has 0 saturated heterocycles. The maximum absolute atomic E-state index is 12.2. The summed E-state index contributed by atoms with van der Waals surface area (Å²) < 4.78 is 1.05. The highest BCUT2D eigenvalue weighted by molar-refractivity contribution is 9.10. The van der Waals surface area contributed by atoms with Gasteiger partial charge in [-0.3, -0.25) is 9.78 Å². The minimum Gasteiger partial charge on any atom is -0.376 e. The topological polar surface area (TPSA) is 42.0 Å². The lowest BCUT2D eigenvalue weighted by Gasteiger charge is -2.17. The normalized spacial score (nSPS) is 23.4. The van der Waals surface area contributed by atoms with E-state index in [2.05, 4.69) is 38.4 Å². The molecule has 4 rings (SSSR count). The molecule has 1 aliphatic carbocycles. The van der Waals surface area contributed by atoms with Gasteiger partial charge < -0.3 is 5.32 Å². The summed E-state index contributed by atoms with van der Waals surface area (Å²) in [6.45, 7) is 0. The van der Waals surface area contributed by atoms with Crippen molar-refractivity contribution in [1.82, 2.24) is 4.98 Å². The van der Waals surface area contributed by atoms with Crippen LogP contribution in [0, 0.1) is 0 Å². The summed E-state index contributed by atoms with van der Waals surface area (Å²) in [6.07, 6.45) is 2.89. The monoisotopic (exact) mass is 328 g/mol. The van der Waals surface area contributed by atoms with Crippen LogP contribution in [0.3, 0.4) is 0 Å². The van der Waals surface area contributed by atoms with Crippen LogP contribution in [0.25, 0.3) is 0 Å². The Hall–Kier alpha value is -1.68. The number of fused-ring (bicyclic) bond motifs is 5. The molecule has 0 saturated carbocycles. The molecule has 2 unspecified atom stereocenters. The van der Waals surface area contributed by atoms with Crippen molar-refractivity contribution in [2.24, 2.45) is 0 Å². The molecule has 2 heterocycles. The lowest BCUT2D eigenvalue weighted by molar-refractivity contribution is -0.118. The summed E-state index contributed by atoms with van der Waals surface area (Å²) in [5.41, 5.74) is 4.42. The number of pyridine rings is 1. The largest absolute Gasteiger partial charge is 0.376 e. The van der Waals surface area contributed by atoms with E-state index in [1.165, 1.54) is 5.56 Å². The molecular weight excluding hydrogens is 316 g/mol. The van der Waals surface area contributed by atoms with Crippen LogP contribution in [0.2, 0.25) is 0 Å². The Morgan fingerprint density at radius 1 is 1.30 bits per heavy atom. The number of Topliss-reactive ketones (excluding diaryl/α,β-unsaturated/α-hetero) is 1. The molecule has 3 nitrogen and oxygen atoms in total. The highest BCUT2D eigenvalue weighted by Gasteiger charge is 2.38. The molecule has 1 N–H and O–H groups in total. The third-order valence-electron chi connectivity index (χ3n) is 4.18. The van der Waals surface area contributed by atoms with E-state index in [0.29, 0.717) is 18.6 Å². The van der Waals surface area contributed by atoms with Crippen molar-refractivity contribution in [2.75, 3.05) is 5.32 Å². The maximum Gasteiger partial charge on any atom is 0.138 e. The molecule has 2 atom stereocenters. The number of rotatable bonds is 0. The SMILES string of the molecule is O=C1Cc2cccnc2C2Nc3ccc(Br)cc3C2C1. The van der Waals surface area contributed by atoms with E-state index < -0.39 is 0 Å². The number of hydrogen-bond acceptors (Lipinski definition) is 3. The molecule has 1 aliphatic heterocycles. The zero-order valence-electron chi connectivity index (χ0n) is 10.8. The van der Waals surface area contributed by atoms with Gasteiger partial charge in [0.15, 0.2) is 0 Å². The Bertz CT molecular complexity index is 713. The Labute approximate surface area is 125 Å². The van der Waals surface area contributed by atoms with Crippen LogP contribution >= 0.6 is 15.9 Å². The van der Waals surface area contributed by atoms with E-state index in [9.17, 15) is 4.79 Å². The zero-order valence-corrected chi connectivity index (χ0v) is 12.4. The van der Waals surface area contributed by atoms with Crippen molar-refractivity contribution < 1.29 is 4.79 Å². The standard InChI is InChI=1S/C16H13BrN2O/c17-10-3-4-14-12(7-10)13-8-11(20)6-9-2-1-5-18-15(9)16(13)19-14/h1-5,7,13,16,19H,6,8H2. The molecule has 20 heavy (non-hydrogen) atoms. The minimum absolute atomic E-state index is 0.113. The Balaban J connectivity index is 1.88. The molecule has 2 aliphatic rings. The second-order valence-electron chi connectivity index (χ2n) is 5.43. The molecule has 2 aromatic rings. The first kappa shape index (κ1) is 12.1. The average molecular weight is 329 g/mol. The van der Waals surface area contributed by atoms with Gasteiger partial charge in [-0.25, -0.2) is 0 Å². The first-order valence-electron chi connectivity index (χ1n) is 6.74. The highest BCUT2D eigenvalue weighted by atomic mass is 79.9. The molecule has 0 spiro atoms. The number of nitrogens with zero attached hydrogens (tertiary/aromatic N) is 1. The van der Waals surface area contributed by atoms with Crippen LogP contribution in [0.15, 0.2) is 41.0 Å². The fourth-order valence-electron chi connectivity index (χ4n) is 3.32. The van der Waals surface area contributed by atoms with Crippen molar-refractivity contribution in [3.05, 3.63) is 57.8 Å². The number of nitrogens with one attached hydrogen (secondary N) is 1. The Kier molecular flexibility index (Phi) is 2.67. The molecule has 1 aromatic carbocycles. The van der Waals surface area contributed by atoms with Crippen molar-refractivity contribution in [2.45, 2.75) is 24.8 Å². The van der Waals surface area contributed by atoms with Gasteiger partial charge in [0.2, 0.25) is 0 Å². The molecule has 4 heteroatoms. The van der Waals surface area contributed by atoms with Crippen LogP contribution in [0.1, 0.15) is 35.2 Å². The number of halogens is 1.